The molecule has 0 N–H and O–H groups in total. The van der Waals surface area contributed by atoms with Gasteiger partial charge in [-0.05, 0) is 499 Å². The average Bonchev–Trinajstić information content (AvgIpc) is 1.51. The van der Waals surface area contributed by atoms with E-state index in [2.05, 4.69) is 274 Å². The van der Waals surface area contributed by atoms with Gasteiger partial charge in [-0.3, -0.25) is 0 Å². The maximum atomic E-state index is 6.52. The summed E-state index contributed by atoms with van der Waals surface area (Å²) in [5.74, 6) is 23.9. The fourth-order valence-electron chi connectivity index (χ4n) is 40.1. The van der Waals surface area contributed by atoms with E-state index in [9.17, 15) is 0 Å². The van der Waals surface area contributed by atoms with Crippen LogP contribution in [0, 0.1) is 185 Å². The van der Waals surface area contributed by atoms with Crippen LogP contribution in [0.4, 0.5) is 0 Å². The standard InChI is InChI=1S/4C33H57BO2/c4*1-22(2)11-10-12-23(3)27-15-16-28-26-14-13-24-21-25(34-35-30(4,5)31(6,7)36-34)17-19-32(24,8)29(26)18-20-33(27,28)9/h4*13,22-23,25-29H,10-12,14-21H2,1-9H3/t4*23-,25+,26+,27-,28+,29+,32+,33-/m1111/s1. The Morgan fingerprint density at radius 2 is 0.389 bits per heavy atom. The lowest BCUT2D eigenvalue weighted by atomic mass is 9.45. The van der Waals surface area contributed by atoms with Gasteiger partial charge >= 0.3 is 28.5 Å². The number of rotatable bonds is 24. The Labute approximate surface area is 891 Å². The van der Waals surface area contributed by atoms with Gasteiger partial charge in [0.15, 0.2) is 0 Å². The summed E-state index contributed by atoms with van der Waals surface area (Å²) in [6.07, 6.45) is 72.1. The van der Waals surface area contributed by atoms with Gasteiger partial charge in [-0.1, -0.05) is 288 Å². The lowest BCUT2D eigenvalue weighted by Gasteiger charge is -2.58. The average molecular weight is 1990 g/mol. The predicted octanol–water partition coefficient (Wildman–Crippen LogP) is 38.0. The van der Waals surface area contributed by atoms with E-state index in [-0.39, 0.29) is 73.3 Å². The zero-order valence-corrected chi connectivity index (χ0v) is 101. The third kappa shape index (κ3) is 20.9. The first kappa shape index (κ1) is 114. The van der Waals surface area contributed by atoms with E-state index < -0.39 is 0 Å². The Morgan fingerprint density at radius 1 is 0.215 bits per heavy atom. The van der Waals surface area contributed by atoms with Crippen LogP contribution in [-0.4, -0.2) is 73.3 Å². The fourth-order valence-corrected chi connectivity index (χ4v) is 40.1. The molecule has 16 fully saturated rings. The van der Waals surface area contributed by atoms with Gasteiger partial charge in [0.1, 0.15) is 0 Å². The Hall–Kier alpha value is -1.10. The molecule has 0 amide bonds. The first-order valence-corrected chi connectivity index (χ1v) is 63.3. The molecule has 0 aromatic rings. The molecule has 816 valence electrons. The lowest BCUT2D eigenvalue weighted by molar-refractivity contribution is -0.0505. The molecule has 32 atom stereocenters. The molecule has 4 saturated heterocycles. The van der Waals surface area contributed by atoms with Crippen LogP contribution in [0.3, 0.4) is 0 Å². The summed E-state index contributed by atoms with van der Waals surface area (Å²) in [6, 6.07) is 0. The van der Waals surface area contributed by atoms with E-state index >= 15 is 0 Å². The van der Waals surface area contributed by atoms with Crippen LogP contribution >= 0.6 is 0 Å². The highest BCUT2D eigenvalue weighted by Gasteiger charge is 2.69. The van der Waals surface area contributed by atoms with Crippen molar-refractivity contribution >= 4 is 28.5 Å². The minimum Gasteiger partial charge on any atom is -0.403 e. The molecular formula is C132H228B4O8. The molecule has 0 spiro atoms. The number of fused-ring (bicyclic) bond motifs is 20. The minimum absolute atomic E-state index is 0.0411. The largest absolute Gasteiger partial charge is 0.461 e. The summed E-state index contributed by atoms with van der Waals surface area (Å²) in [4.78, 5) is 0. The molecule has 20 rings (SSSR count). The summed E-state index contributed by atoms with van der Waals surface area (Å²) in [7, 11) is -0.164. The van der Waals surface area contributed by atoms with Crippen molar-refractivity contribution < 1.29 is 37.2 Å². The molecule has 4 aliphatic heterocycles. The third-order valence-electron chi connectivity index (χ3n) is 52.0. The van der Waals surface area contributed by atoms with Crippen LogP contribution in [0.25, 0.3) is 0 Å². The van der Waals surface area contributed by atoms with Crippen LogP contribution in [0.5, 0.6) is 0 Å². The maximum Gasteiger partial charge on any atom is 0.461 e. The van der Waals surface area contributed by atoms with Crippen molar-refractivity contribution in [3.8, 4) is 0 Å². The van der Waals surface area contributed by atoms with Crippen LogP contribution in [0.2, 0.25) is 23.3 Å². The monoisotopic (exact) mass is 1990 g/mol. The van der Waals surface area contributed by atoms with Gasteiger partial charge in [0.2, 0.25) is 0 Å². The molecule has 0 unspecified atom stereocenters. The molecule has 0 aromatic heterocycles. The Balaban J connectivity index is 0.000000132. The second-order valence-electron chi connectivity index (χ2n) is 63.7. The smallest absolute Gasteiger partial charge is 0.403 e. The van der Waals surface area contributed by atoms with Crippen molar-refractivity contribution in [2.45, 2.75) is 600 Å². The summed E-state index contributed by atoms with van der Waals surface area (Å²) >= 11 is 0. The van der Waals surface area contributed by atoms with E-state index in [0.29, 0.717) is 66.6 Å². The van der Waals surface area contributed by atoms with Gasteiger partial charge in [-0.15, -0.1) is 0 Å². The summed E-state index contributed by atoms with van der Waals surface area (Å²) in [5.41, 5.74) is 9.25. The molecule has 12 saturated carbocycles. The molecule has 0 radical (unpaired) electrons. The Morgan fingerprint density at radius 3 is 0.556 bits per heavy atom. The summed E-state index contributed by atoms with van der Waals surface area (Å²) in [5, 5.41) is 0. The molecule has 0 bridgehead atoms. The van der Waals surface area contributed by atoms with Crippen LogP contribution in [-0.2, 0) is 37.2 Å². The van der Waals surface area contributed by atoms with Gasteiger partial charge in [0.25, 0.3) is 0 Å². The second kappa shape index (κ2) is 42.0. The third-order valence-corrected chi connectivity index (χ3v) is 52.0. The van der Waals surface area contributed by atoms with Gasteiger partial charge in [-0.2, -0.15) is 0 Å². The van der Waals surface area contributed by atoms with E-state index in [1.165, 1.54) is 283 Å². The van der Waals surface area contributed by atoms with Crippen molar-refractivity contribution in [1.29, 1.82) is 0 Å². The Kier molecular flexibility index (Phi) is 33.3. The van der Waals surface area contributed by atoms with Crippen LogP contribution in [0.1, 0.15) is 532 Å². The zero-order valence-electron chi connectivity index (χ0n) is 101. The van der Waals surface area contributed by atoms with Crippen molar-refractivity contribution in [3.63, 3.8) is 0 Å². The molecule has 20 aliphatic rings. The predicted molar refractivity (Wildman–Crippen MR) is 612 cm³/mol. The fraction of sp³-hybridized carbons (Fsp3) is 0.939. The molecule has 4 heterocycles. The first-order valence-electron chi connectivity index (χ1n) is 63.3. The molecule has 8 nitrogen and oxygen atoms in total. The summed E-state index contributed by atoms with van der Waals surface area (Å²) < 4.78 is 52.1. The highest BCUT2D eigenvalue weighted by atomic mass is 16.7. The summed E-state index contributed by atoms with van der Waals surface area (Å²) in [6.45, 7) is 86.1. The number of hydrogen-bond donors (Lipinski definition) is 0. The molecule has 144 heavy (non-hydrogen) atoms. The normalized spacial score (nSPS) is 44.1. The second-order valence-corrected chi connectivity index (χ2v) is 63.7. The molecule has 16 aliphatic carbocycles. The Bertz CT molecular complexity index is 3870. The van der Waals surface area contributed by atoms with Crippen molar-refractivity contribution in [2.24, 2.45) is 185 Å². The SMILES string of the molecule is CC(C)CCC[C@@H](C)[C@H]1CC[C@H]2[C@@H]3CC=C4C[C@@H](B5OC(C)(C)C(C)(C)O5)CC[C@]4(C)[C@H]3CC[C@]12C.CC(C)CCC[C@@H](C)[C@H]1CC[C@H]2[C@@H]3CC=C4C[C@@H](B5OC(C)(C)C(C)(C)O5)CC[C@]4(C)[C@H]3CC[C@]12C.CC(C)CCC[C@@H](C)[C@H]1CC[C@H]2[C@@H]3CC=C4C[C@@H](B5OC(C)(C)C(C)(C)O5)CC[C@]4(C)[C@H]3CC[C@]12C.CC(C)CCC[C@@H](C)[C@H]1CC[C@H]2[C@@H]3CC=C4C[C@@H](B5OC(C)(C)C(C)(C)O5)CC[C@]4(C)[C@H]3CC[C@]12C. The van der Waals surface area contributed by atoms with Crippen LogP contribution in [0.15, 0.2) is 46.6 Å². The van der Waals surface area contributed by atoms with Gasteiger partial charge in [0.05, 0.1) is 44.8 Å². The zero-order chi connectivity index (χ0) is 104. The quantitative estimate of drug-likeness (QED) is 0.0699. The van der Waals surface area contributed by atoms with Crippen molar-refractivity contribution in [2.75, 3.05) is 0 Å². The highest BCUT2D eigenvalue weighted by Crippen LogP contribution is 2.75. The van der Waals surface area contributed by atoms with Crippen LogP contribution < -0.4 is 0 Å². The topological polar surface area (TPSA) is 73.8 Å². The minimum atomic E-state index is -0.219. The van der Waals surface area contributed by atoms with Gasteiger partial charge < -0.3 is 37.2 Å². The van der Waals surface area contributed by atoms with Gasteiger partial charge in [0, 0.05) is 0 Å². The van der Waals surface area contributed by atoms with Crippen molar-refractivity contribution in [3.05, 3.63) is 46.6 Å². The molecular weight excluding hydrogens is 1760 g/mol. The first-order chi connectivity index (χ1) is 67.1. The number of hydrogen-bond acceptors (Lipinski definition) is 8. The number of allylic oxidation sites excluding steroid dienone is 8. The van der Waals surface area contributed by atoms with E-state index in [4.69, 9.17) is 37.2 Å². The molecule has 0 aromatic carbocycles. The highest BCUT2D eigenvalue weighted by molar-refractivity contribution is 6.49. The van der Waals surface area contributed by atoms with E-state index in [0.717, 1.165) is 142 Å². The van der Waals surface area contributed by atoms with E-state index in [1.807, 2.05) is 0 Å². The lowest BCUT2D eigenvalue weighted by Crippen LogP contribution is -2.50. The van der Waals surface area contributed by atoms with Gasteiger partial charge in [-0.25, -0.2) is 0 Å². The van der Waals surface area contributed by atoms with Crippen molar-refractivity contribution in [1.82, 2.24) is 0 Å². The maximum absolute atomic E-state index is 6.52. The van der Waals surface area contributed by atoms with E-state index in [1.54, 1.807) is 22.3 Å². The molecule has 12 heteroatoms.